The summed E-state index contributed by atoms with van der Waals surface area (Å²) in [5.74, 6) is 1.66. The molecule has 28 heavy (non-hydrogen) atoms. The summed E-state index contributed by atoms with van der Waals surface area (Å²) in [7, 11) is 0. The number of likely N-dealkylation sites (N-methyl/N-ethyl adjacent to an activating group) is 1. The zero-order chi connectivity index (χ0) is 19.6. The van der Waals surface area contributed by atoms with E-state index in [9.17, 15) is 0 Å². The van der Waals surface area contributed by atoms with Crippen LogP contribution in [-0.2, 0) is 12.0 Å². The van der Waals surface area contributed by atoms with Crippen LogP contribution in [0.15, 0.2) is 28.8 Å². The van der Waals surface area contributed by atoms with Crippen molar-refractivity contribution in [3.05, 3.63) is 47.1 Å². The van der Waals surface area contributed by atoms with Crippen LogP contribution in [0.2, 0.25) is 0 Å². The lowest BCUT2D eigenvalue weighted by molar-refractivity contribution is 0.200. The number of nitrogens with zero attached hydrogens (tertiary/aromatic N) is 4. The highest BCUT2D eigenvalue weighted by Crippen LogP contribution is 2.45. The maximum Gasteiger partial charge on any atom is 0.240 e. The second-order valence-corrected chi connectivity index (χ2v) is 8.57. The fraction of sp³-hybridized carbons (Fsp3) is 0.652. The van der Waals surface area contributed by atoms with E-state index in [0.717, 1.165) is 57.3 Å². The Morgan fingerprint density at radius 1 is 1.14 bits per heavy atom. The van der Waals surface area contributed by atoms with Gasteiger partial charge in [0, 0.05) is 19.1 Å². The molecular weight excluding hydrogens is 348 g/mol. The van der Waals surface area contributed by atoms with Gasteiger partial charge in [-0.25, -0.2) is 0 Å². The molecule has 0 amide bonds. The quantitative estimate of drug-likeness (QED) is 0.720. The van der Waals surface area contributed by atoms with Gasteiger partial charge in [-0.15, -0.1) is 0 Å². The van der Waals surface area contributed by atoms with E-state index < -0.39 is 0 Å². The third-order valence-corrected chi connectivity index (χ3v) is 6.89. The molecule has 0 unspecified atom stereocenters. The smallest absolute Gasteiger partial charge is 0.240 e. The topological polar surface area (TPSA) is 45.4 Å². The van der Waals surface area contributed by atoms with Gasteiger partial charge in [0.15, 0.2) is 5.82 Å². The first-order chi connectivity index (χ1) is 13.6. The van der Waals surface area contributed by atoms with Crippen molar-refractivity contribution in [2.75, 3.05) is 26.2 Å². The predicted molar refractivity (Wildman–Crippen MR) is 111 cm³/mol. The molecule has 2 fully saturated rings. The van der Waals surface area contributed by atoms with Crippen molar-refractivity contribution in [3.63, 3.8) is 0 Å². The largest absolute Gasteiger partial charge is 0.338 e. The minimum atomic E-state index is -0.0653. The summed E-state index contributed by atoms with van der Waals surface area (Å²) in [6, 6.07) is 9.57. The van der Waals surface area contributed by atoms with Crippen LogP contribution in [0.25, 0.3) is 0 Å². The van der Waals surface area contributed by atoms with Crippen molar-refractivity contribution in [3.8, 4) is 0 Å². The van der Waals surface area contributed by atoms with Gasteiger partial charge < -0.3 is 4.52 Å². The fourth-order valence-corrected chi connectivity index (χ4v) is 5.19. The van der Waals surface area contributed by atoms with E-state index in [1.807, 2.05) is 0 Å². The van der Waals surface area contributed by atoms with Crippen LogP contribution in [0.4, 0.5) is 0 Å². The monoisotopic (exact) mass is 382 g/mol. The Labute approximate surface area is 169 Å². The number of benzene rings is 1. The van der Waals surface area contributed by atoms with Crippen LogP contribution in [0.3, 0.4) is 0 Å². The normalized spacial score (nSPS) is 22.4. The van der Waals surface area contributed by atoms with Gasteiger partial charge in [-0.1, -0.05) is 61.7 Å². The van der Waals surface area contributed by atoms with E-state index in [2.05, 4.69) is 60.0 Å². The van der Waals surface area contributed by atoms with Gasteiger partial charge in [0.1, 0.15) is 0 Å². The third kappa shape index (κ3) is 3.74. The molecule has 2 aromatic rings. The number of hydrogen-bond donors (Lipinski definition) is 0. The van der Waals surface area contributed by atoms with E-state index in [0.29, 0.717) is 6.04 Å². The maximum absolute atomic E-state index is 5.74. The molecule has 0 N–H and O–H groups in total. The second kappa shape index (κ2) is 8.34. The van der Waals surface area contributed by atoms with Crippen LogP contribution in [0, 0.1) is 6.92 Å². The molecule has 1 aliphatic carbocycles. The Morgan fingerprint density at radius 2 is 1.86 bits per heavy atom. The van der Waals surface area contributed by atoms with Crippen LogP contribution >= 0.6 is 0 Å². The highest BCUT2D eigenvalue weighted by molar-refractivity contribution is 5.35. The first-order valence-electron chi connectivity index (χ1n) is 11.0. The molecule has 0 spiro atoms. The van der Waals surface area contributed by atoms with Gasteiger partial charge >= 0.3 is 0 Å². The summed E-state index contributed by atoms with van der Waals surface area (Å²) < 4.78 is 5.74. The number of aromatic nitrogens is 2. The summed E-state index contributed by atoms with van der Waals surface area (Å²) >= 11 is 0. The molecule has 1 saturated heterocycles. The molecule has 4 rings (SSSR count). The van der Waals surface area contributed by atoms with E-state index in [1.165, 1.54) is 30.4 Å². The molecule has 1 aromatic carbocycles. The first-order valence-corrected chi connectivity index (χ1v) is 11.0. The van der Waals surface area contributed by atoms with Crippen molar-refractivity contribution in [1.82, 2.24) is 19.9 Å². The molecule has 1 saturated carbocycles. The average molecular weight is 383 g/mol. The van der Waals surface area contributed by atoms with E-state index in [1.54, 1.807) is 0 Å². The van der Waals surface area contributed by atoms with E-state index in [-0.39, 0.29) is 5.41 Å². The first kappa shape index (κ1) is 19.6. The van der Waals surface area contributed by atoms with Gasteiger partial charge in [0.05, 0.1) is 12.0 Å². The van der Waals surface area contributed by atoms with Gasteiger partial charge in [0.2, 0.25) is 5.89 Å². The fourth-order valence-electron chi connectivity index (χ4n) is 5.19. The van der Waals surface area contributed by atoms with Crippen molar-refractivity contribution in [2.45, 2.75) is 70.9 Å². The summed E-state index contributed by atoms with van der Waals surface area (Å²) in [6.07, 6.45) is 5.92. The molecule has 1 aliphatic heterocycles. The lowest BCUT2D eigenvalue weighted by Crippen LogP contribution is -2.37. The number of likely N-dealkylation sites (tertiary alicyclic amines) is 1. The molecule has 0 radical (unpaired) electrons. The Morgan fingerprint density at radius 3 is 2.54 bits per heavy atom. The van der Waals surface area contributed by atoms with Crippen molar-refractivity contribution in [2.24, 2.45) is 0 Å². The number of rotatable bonds is 7. The van der Waals surface area contributed by atoms with Crippen molar-refractivity contribution >= 4 is 0 Å². The van der Waals surface area contributed by atoms with Crippen LogP contribution in [0.5, 0.6) is 0 Å². The molecule has 1 atom stereocenters. The molecule has 5 nitrogen and oxygen atoms in total. The lowest BCUT2D eigenvalue weighted by Gasteiger charge is -2.26. The van der Waals surface area contributed by atoms with Crippen LogP contribution in [-0.4, -0.2) is 52.2 Å². The van der Waals surface area contributed by atoms with Gasteiger partial charge in [-0.2, -0.15) is 4.98 Å². The Hall–Kier alpha value is -1.72. The minimum absolute atomic E-state index is 0.0653. The molecule has 5 heteroatoms. The number of hydrogen-bond acceptors (Lipinski definition) is 5. The van der Waals surface area contributed by atoms with Gasteiger partial charge in [-0.3, -0.25) is 9.80 Å². The highest BCUT2D eigenvalue weighted by atomic mass is 16.5. The maximum atomic E-state index is 5.74. The summed E-state index contributed by atoms with van der Waals surface area (Å²) in [6.45, 7) is 11.9. The Balaban J connectivity index is 1.48. The third-order valence-electron chi connectivity index (χ3n) is 6.89. The SMILES string of the molecule is CCN(CC)[C@H]1CCN(Cc2nc(C3(c4ccc(C)cc4)CCCC3)no2)C1. The summed E-state index contributed by atoms with van der Waals surface area (Å²) in [4.78, 5) is 9.93. The lowest BCUT2D eigenvalue weighted by atomic mass is 9.78. The second-order valence-electron chi connectivity index (χ2n) is 8.57. The predicted octanol–water partition coefficient (Wildman–Crippen LogP) is 4.15. The molecular formula is C23H34N4O. The summed E-state index contributed by atoms with van der Waals surface area (Å²) in [5.41, 5.74) is 2.57. The average Bonchev–Trinajstić information content (AvgIpc) is 3.45. The van der Waals surface area contributed by atoms with E-state index >= 15 is 0 Å². The Kier molecular flexibility index (Phi) is 5.83. The molecule has 2 aliphatic rings. The number of aryl methyl sites for hydroxylation is 1. The summed E-state index contributed by atoms with van der Waals surface area (Å²) in [5, 5.41) is 4.47. The van der Waals surface area contributed by atoms with E-state index in [4.69, 9.17) is 9.51 Å². The van der Waals surface area contributed by atoms with Gasteiger partial charge in [-0.05, 0) is 44.8 Å². The van der Waals surface area contributed by atoms with Gasteiger partial charge in [0.25, 0.3) is 0 Å². The zero-order valence-electron chi connectivity index (χ0n) is 17.7. The molecule has 0 bridgehead atoms. The van der Waals surface area contributed by atoms with Crippen LogP contribution in [0.1, 0.15) is 68.8 Å². The molecule has 152 valence electrons. The standard InChI is InChI=1S/C23H34N4O/c1-4-27(5-2)20-12-15-26(16-20)17-21-24-22(25-28-21)23(13-6-7-14-23)19-10-8-18(3)9-11-19/h8-11,20H,4-7,12-17H2,1-3H3/t20-/m0/s1. The van der Waals surface area contributed by atoms with Crippen LogP contribution < -0.4 is 0 Å². The minimum Gasteiger partial charge on any atom is -0.338 e. The molecule has 2 heterocycles. The Bertz CT molecular complexity index is 759. The highest BCUT2D eigenvalue weighted by Gasteiger charge is 2.41. The molecule has 1 aromatic heterocycles. The van der Waals surface area contributed by atoms with Crippen molar-refractivity contribution < 1.29 is 4.52 Å². The zero-order valence-corrected chi connectivity index (χ0v) is 17.7. The van der Waals surface area contributed by atoms with Crippen molar-refractivity contribution in [1.29, 1.82) is 0 Å².